The number of hydrogen-bond acceptors (Lipinski definition) is 8. The van der Waals surface area contributed by atoms with Crippen molar-refractivity contribution in [2.24, 2.45) is 0 Å². The topological polar surface area (TPSA) is 116 Å². The molecule has 0 saturated heterocycles. The molecule has 0 aliphatic rings. The van der Waals surface area contributed by atoms with Crippen LogP contribution in [-0.2, 0) is 11.2 Å². The molecule has 2 aromatic carbocycles. The van der Waals surface area contributed by atoms with Gasteiger partial charge in [0.25, 0.3) is 5.91 Å². The molecule has 0 radical (unpaired) electrons. The maximum absolute atomic E-state index is 12.5. The Balaban J connectivity index is 1.65. The van der Waals surface area contributed by atoms with Gasteiger partial charge in [0.05, 0.1) is 13.7 Å². The highest BCUT2D eigenvalue weighted by molar-refractivity contribution is 6.09. The average Bonchev–Trinajstić information content (AvgIpc) is 3.31. The van der Waals surface area contributed by atoms with E-state index in [1.807, 2.05) is 37.3 Å². The Morgan fingerprint density at radius 3 is 2.43 bits per heavy atom. The number of ether oxygens (including phenoxy) is 4. The summed E-state index contributed by atoms with van der Waals surface area (Å²) in [6.45, 7) is 8.26. The molecule has 1 N–H and O–H groups in total. The van der Waals surface area contributed by atoms with Crippen LogP contribution in [0.15, 0.2) is 65.2 Å². The van der Waals surface area contributed by atoms with Crippen molar-refractivity contribution in [3.8, 4) is 29.1 Å². The lowest BCUT2D eigenvalue weighted by atomic mass is 10.1. The van der Waals surface area contributed by atoms with Crippen LogP contribution in [0.25, 0.3) is 6.08 Å². The predicted molar refractivity (Wildman–Crippen MR) is 139 cm³/mol. The number of carbonyl (C=O) groups is 1. The van der Waals surface area contributed by atoms with Crippen molar-refractivity contribution in [1.29, 1.82) is 5.26 Å². The monoisotopic (exact) mass is 503 g/mol. The fourth-order valence-corrected chi connectivity index (χ4v) is 3.35. The summed E-state index contributed by atoms with van der Waals surface area (Å²) < 4.78 is 27.8. The first-order valence-electron chi connectivity index (χ1n) is 11.6. The zero-order chi connectivity index (χ0) is 26.6. The van der Waals surface area contributed by atoms with Crippen molar-refractivity contribution in [3.63, 3.8) is 0 Å². The molecule has 0 atom stereocenters. The molecule has 9 heteroatoms. The lowest BCUT2D eigenvalue weighted by molar-refractivity contribution is -0.112. The van der Waals surface area contributed by atoms with Gasteiger partial charge in [-0.2, -0.15) is 5.26 Å². The van der Waals surface area contributed by atoms with Crippen LogP contribution in [0.3, 0.4) is 0 Å². The van der Waals surface area contributed by atoms with Crippen LogP contribution < -0.4 is 24.3 Å². The quantitative estimate of drug-likeness (QED) is 0.148. The molecule has 0 bridgehead atoms. The number of nitrogens with zero attached hydrogens (tertiary/aromatic N) is 2. The smallest absolute Gasteiger partial charge is 0.267 e. The summed E-state index contributed by atoms with van der Waals surface area (Å²) in [7, 11) is 1.59. The van der Waals surface area contributed by atoms with Gasteiger partial charge in [-0.1, -0.05) is 23.4 Å². The highest BCUT2D eigenvalue weighted by Gasteiger charge is 2.13. The minimum Gasteiger partial charge on any atom is -0.493 e. The number of allylic oxidation sites excluding steroid dienone is 1. The van der Waals surface area contributed by atoms with Gasteiger partial charge in [-0.05, 0) is 61.7 Å². The van der Waals surface area contributed by atoms with E-state index in [4.69, 9.17) is 23.5 Å². The maximum Gasteiger partial charge on any atom is 0.267 e. The summed E-state index contributed by atoms with van der Waals surface area (Å²) in [5, 5.41) is 15.7. The van der Waals surface area contributed by atoms with Gasteiger partial charge in [-0.3, -0.25) is 4.79 Å². The van der Waals surface area contributed by atoms with E-state index >= 15 is 0 Å². The minimum atomic E-state index is -0.598. The second kappa shape index (κ2) is 13.4. The number of rotatable bonds is 13. The van der Waals surface area contributed by atoms with Crippen molar-refractivity contribution >= 4 is 17.8 Å². The number of benzene rings is 2. The van der Waals surface area contributed by atoms with E-state index in [-0.39, 0.29) is 24.6 Å². The zero-order valence-corrected chi connectivity index (χ0v) is 21.1. The average molecular weight is 504 g/mol. The Hall–Kier alpha value is -4.71. The number of aryl methyl sites for hydroxylation is 1. The molecule has 1 heterocycles. The van der Waals surface area contributed by atoms with E-state index in [1.165, 1.54) is 6.08 Å². The second-order valence-corrected chi connectivity index (χ2v) is 7.76. The predicted octanol–water partition coefficient (Wildman–Crippen LogP) is 5.12. The molecular weight excluding hydrogens is 474 g/mol. The number of nitrogens with one attached hydrogen (secondary N) is 1. The number of nitriles is 1. The van der Waals surface area contributed by atoms with Crippen LogP contribution >= 0.6 is 0 Å². The van der Waals surface area contributed by atoms with Crippen molar-refractivity contribution in [2.75, 3.05) is 32.2 Å². The van der Waals surface area contributed by atoms with E-state index in [0.29, 0.717) is 40.9 Å². The van der Waals surface area contributed by atoms with Crippen molar-refractivity contribution in [1.82, 2.24) is 5.16 Å². The van der Waals surface area contributed by atoms with Gasteiger partial charge in [0, 0.05) is 6.07 Å². The molecule has 0 fully saturated rings. The van der Waals surface area contributed by atoms with Gasteiger partial charge in [0.15, 0.2) is 28.8 Å². The number of anilines is 1. The van der Waals surface area contributed by atoms with E-state index in [2.05, 4.69) is 17.1 Å². The third kappa shape index (κ3) is 7.64. The Morgan fingerprint density at radius 2 is 1.81 bits per heavy atom. The van der Waals surface area contributed by atoms with Crippen LogP contribution in [0.2, 0.25) is 0 Å². The van der Waals surface area contributed by atoms with Crippen molar-refractivity contribution in [3.05, 3.63) is 77.6 Å². The number of aromatic nitrogens is 1. The van der Waals surface area contributed by atoms with Crippen LogP contribution in [0, 0.1) is 18.3 Å². The molecule has 9 nitrogen and oxygen atoms in total. The van der Waals surface area contributed by atoms with Crippen molar-refractivity contribution in [2.45, 2.75) is 20.3 Å². The largest absolute Gasteiger partial charge is 0.493 e. The Labute approximate surface area is 215 Å². The minimum absolute atomic E-state index is 0.0989. The van der Waals surface area contributed by atoms with E-state index in [9.17, 15) is 10.1 Å². The number of amides is 1. The molecule has 0 spiro atoms. The van der Waals surface area contributed by atoms with Gasteiger partial charge in [-0.25, -0.2) is 0 Å². The fourth-order valence-electron chi connectivity index (χ4n) is 3.35. The first-order valence-corrected chi connectivity index (χ1v) is 11.6. The third-order valence-electron chi connectivity index (χ3n) is 5.02. The zero-order valence-electron chi connectivity index (χ0n) is 21.1. The van der Waals surface area contributed by atoms with E-state index < -0.39 is 5.91 Å². The molecule has 37 heavy (non-hydrogen) atoms. The van der Waals surface area contributed by atoms with E-state index in [1.54, 1.807) is 38.3 Å². The van der Waals surface area contributed by atoms with Gasteiger partial charge in [-0.15, -0.1) is 6.58 Å². The second-order valence-electron chi connectivity index (χ2n) is 7.76. The summed E-state index contributed by atoms with van der Waals surface area (Å²) in [6.07, 6.45) is 4.03. The van der Waals surface area contributed by atoms with Crippen LogP contribution in [0.5, 0.6) is 23.0 Å². The first kappa shape index (κ1) is 26.9. The van der Waals surface area contributed by atoms with Crippen LogP contribution in [0.4, 0.5) is 5.82 Å². The first-order chi connectivity index (χ1) is 18.0. The molecule has 3 aromatic rings. The molecule has 0 saturated carbocycles. The number of carbonyl (C=O) groups excluding carboxylic acids is 1. The molecule has 192 valence electrons. The lowest BCUT2D eigenvalue weighted by Gasteiger charge is -2.14. The summed E-state index contributed by atoms with van der Waals surface area (Å²) in [5.41, 5.74) is 1.58. The molecule has 0 aliphatic heterocycles. The molecule has 3 rings (SSSR count). The van der Waals surface area contributed by atoms with Gasteiger partial charge < -0.3 is 28.8 Å². The highest BCUT2D eigenvalue weighted by atomic mass is 16.5. The molecule has 1 amide bonds. The lowest BCUT2D eigenvalue weighted by Crippen LogP contribution is -2.13. The SMILES string of the molecule is C=CCc1ccc(OCCOc2ccc(C=C(C#N)C(=O)Nc3cc(C)on3)cc2OCC)c(OC)c1. The summed E-state index contributed by atoms with van der Waals surface area (Å²) in [4.78, 5) is 12.5. The van der Waals surface area contributed by atoms with Crippen molar-refractivity contribution < 1.29 is 28.3 Å². The molecular formula is C28H29N3O6. The highest BCUT2D eigenvalue weighted by Crippen LogP contribution is 2.31. The fraction of sp³-hybridized carbons (Fsp3) is 0.250. The number of methoxy groups -OCH3 is 1. The number of hydrogen-bond donors (Lipinski definition) is 1. The molecule has 0 unspecified atom stereocenters. The van der Waals surface area contributed by atoms with Gasteiger partial charge in [0.1, 0.15) is 30.6 Å². The maximum atomic E-state index is 12.5. The standard InChI is InChI=1S/C28H29N3O6/c1-5-7-20-8-10-23(25(16-20)33-4)35-12-13-36-24-11-9-21(17-26(24)34-6-2)15-22(18-29)28(32)30-27-14-19(3)37-31-27/h5,8-11,14-17H,1,6-7,12-13H2,2-4H3,(H,30,31,32). The van der Waals surface area contributed by atoms with E-state index in [0.717, 1.165) is 12.0 Å². The Bertz CT molecular complexity index is 1310. The summed E-state index contributed by atoms with van der Waals surface area (Å²) in [5.74, 6) is 2.42. The summed E-state index contributed by atoms with van der Waals surface area (Å²) >= 11 is 0. The normalized spacial score (nSPS) is 10.8. The third-order valence-corrected chi connectivity index (χ3v) is 5.02. The van der Waals surface area contributed by atoms with Gasteiger partial charge >= 0.3 is 0 Å². The molecule has 1 aromatic heterocycles. The van der Waals surface area contributed by atoms with Gasteiger partial charge in [0.2, 0.25) is 0 Å². The summed E-state index contributed by atoms with van der Waals surface area (Å²) in [6, 6.07) is 14.3. The van der Waals surface area contributed by atoms with Crippen LogP contribution in [-0.4, -0.2) is 38.0 Å². The molecule has 0 aliphatic carbocycles. The Morgan fingerprint density at radius 1 is 1.08 bits per heavy atom. The Kier molecular flexibility index (Phi) is 9.74. The van der Waals surface area contributed by atoms with Crippen LogP contribution in [0.1, 0.15) is 23.8 Å².